The second-order valence-electron chi connectivity index (χ2n) is 4.28. The molecule has 0 saturated carbocycles. The van der Waals surface area contributed by atoms with Crippen LogP contribution in [0.2, 0.25) is 0 Å². The summed E-state index contributed by atoms with van der Waals surface area (Å²) in [6.07, 6.45) is 0. The van der Waals surface area contributed by atoms with Crippen LogP contribution in [-0.4, -0.2) is 10.8 Å². The number of nitro groups is 1. The maximum absolute atomic E-state index is 13.2. The van der Waals surface area contributed by atoms with Crippen LogP contribution in [0.15, 0.2) is 42.5 Å². The minimum absolute atomic E-state index is 0.295. The first kappa shape index (κ1) is 14.6. The first-order valence-corrected chi connectivity index (χ1v) is 6.05. The highest BCUT2D eigenvalue weighted by Crippen LogP contribution is 2.21. The third-order valence-corrected chi connectivity index (χ3v) is 2.82. The number of nitrogens with zero attached hydrogens (tertiary/aromatic N) is 1. The number of rotatable bonds is 4. The van der Waals surface area contributed by atoms with Gasteiger partial charge in [-0.3, -0.25) is 14.9 Å². The molecular formula is C14H12FN3O3. The summed E-state index contributed by atoms with van der Waals surface area (Å²) in [5, 5.41) is 13.4. The lowest BCUT2D eigenvalue weighted by Crippen LogP contribution is -2.14. The second kappa shape index (κ2) is 6.10. The molecule has 6 nitrogen and oxygen atoms in total. The van der Waals surface area contributed by atoms with E-state index >= 15 is 0 Å². The van der Waals surface area contributed by atoms with Crippen LogP contribution in [-0.2, 0) is 6.54 Å². The van der Waals surface area contributed by atoms with Gasteiger partial charge in [0, 0.05) is 18.3 Å². The summed E-state index contributed by atoms with van der Waals surface area (Å²) in [4.78, 5) is 22.2. The topological polar surface area (TPSA) is 98.3 Å². The molecule has 21 heavy (non-hydrogen) atoms. The molecule has 0 unspecified atom stereocenters. The van der Waals surface area contributed by atoms with E-state index < -0.39 is 22.3 Å². The highest BCUT2D eigenvalue weighted by molar-refractivity contribution is 6.07. The molecule has 2 aromatic rings. The van der Waals surface area contributed by atoms with Gasteiger partial charge in [-0.05, 0) is 29.8 Å². The van der Waals surface area contributed by atoms with Crippen LogP contribution in [0.25, 0.3) is 0 Å². The van der Waals surface area contributed by atoms with Crippen molar-refractivity contribution in [2.75, 3.05) is 5.32 Å². The number of nitro benzene ring substituents is 1. The fourth-order valence-corrected chi connectivity index (χ4v) is 1.82. The molecule has 0 fully saturated rings. The van der Waals surface area contributed by atoms with E-state index in [-0.39, 0.29) is 5.56 Å². The molecule has 0 bridgehead atoms. The maximum atomic E-state index is 13.2. The minimum atomic E-state index is -0.754. The summed E-state index contributed by atoms with van der Waals surface area (Å²) >= 11 is 0. The molecule has 2 aromatic carbocycles. The third kappa shape index (κ3) is 3.40. The third-order valence-electron chi connectivity index (χ3n) is 2.82. The van der Waals surface area contributed by atoms with Crippen molar-refractivity contribution in [1.82, 2.24) is 0 Å². The molecule has 108 valence electrons. The van der Waals surface area contributed by atoms with Crippen molar-refractivity contribution in [1.29, 1.82) is 0 Å². The van der Waals surface area contributed by atoms with Gasteiger partial charge in [0.15, 0.2) is 0 Å². The van der Waals surface area contributed by atoms with Crippen LogP contribution in [0.1, 0.15) is 15.9 Å². The summed E-state index contributed by atoms with van der Waals surface area (Å²) in [7, 11) is 0. The summed E-state index contributed by atoms with van der Waals surface area (Å²) in [6, 6.07) is 9.45. The van der Waals surface area contributed by atoms with Crippen molar-refractivity contribution in [2.24, 2.45) is 5.73 Å². The summed E-state index contributed by atoms with van der Waals surface area (Å²) in [6.45, 7) is 0.295. The van der Waals surface area contributed by atoms with E-state index in [9.17, 15) is 19.3 Å². The first-order chi connectivity index (χ1) is 10.0. The Balaban J connectivity index is 2.31. The number of hydrogen-bond donors (Lipinski definition) is 2. The summed E-state index contributed by atoms with van der Waals surface area (Å²) < 4.78 is 13.2. The van der Waals surface area contributed by atoms with E-state index in [1.807, 2.05) is 0 Å². The molecule has 1 amide bonds. The second-order valence-corrected chi connectivity index (χ2v) is 4.28. The molecule has 0 saturated heterocycles. The number of carbonyl (C=O) groups excluding carboxylic acids is 1. The number of nitrogens with two attached hydrogens (primary N) is 1. The van der Waals surface area contributed by atoms with Gasteiger partial charge < -0.3 is 11.1 Å². The van der Waals surface area contributed by atoms with Crippen molar-refractivity contribution in [3.05, 3.63) is 69.5 Å². The fraction of sp³-hybridized carbons (Fsp3) is 0.0714. The number of nitrogens with one attached hydrogen (secondary N) is 1. The SMILES string of the molecule is NCc1cccc(NC(=O)c2cc(F)ccc2[N+](=O)[O-])c1. The number of halogens is 1. The van der Waals surface area contributed by atoms with Gasteiger partial charge in [0.05, 0.1) is 4.92 Å². The van der Waals surface area contributed by atoms with Crippen molar-refractivity contribution >= 4 is 17.3 Å². The van der Waals surface area contributed by atoms with E-state index in [1.54, 1.807) is 24.3 Å². The van der Waals surface area contributed by atoms with Crippen LogP contribution in [0.3, 0.4) is 0 Å². The number of anilines is 1. The Hall–Kier alpha value is -2.80. The van der Waals surface area contributed by atoms with E-state index in [0.717, 1.165) is 23.8 Å². The summed E-state index contributed by atoms with van der Waals surface area (Å²) in [5.74, 6) is -1.48. The van der Waals surface area contributed by atoms with E-state index in [4.69, 9.17) is 5.73 Å². The fourth-order valence-electron chi connectivity index (χ4n) is 1.82. The monoisotopic (exact) mass is 289 g/mol. The largest absolute Gasteiger partial charge is 0.326 e. The minimum Gasteiger partial charge on any atom is -0.326 e. The number of hydrogen-bond acceptors (Lipinski definition) is 4. The van der Waals surface area contributed by atoms with Gasteiger partial charge in [0.2, 0.25) is 0 Å². The smallest absolute Gasteiger partial charge is 0.282 e. The number of benzene rings is 2. The standard InChI is InChI=1S/C14H12FN3O3/c15-10-4-5-13(18(20)21)12(7-10)14(19)17-11-3-1-2-9(6-11)8-16/h1-7H,8,16H2,(H,17,19). The lowest BCUT2D eigenvalue weighted by molar-refractivity contribution is -0.385. The van der Waals surface area contributed by atoms with Gasteiger partial charge in [-0.1, -0.05) is 12.1 Å². The van der Waals surface area contributed by atoms with Crippen molar-refractivity contribution in [2.45, 2.75) is 6.54 Å². The van der Waals surface area contributed by atoms with Gasteiger partial charge in [0.1, 0.15) is 11.4 Å². The molecule has 0 heterocycles. The average molecular weight is 289 g/mol. The Morgan fingerprint density at radius 1 is 1.29 bits per heavy atom. The quantitative estimate of drug-likeness (QED) is 0.667. The zero-order valence-corrected chi connectivity index (χ0v) is 10.9. The van der Waals surface area contributed by atoms with Gasteiger partial charge >= 0.3 is 0 Å². The molecule has 0 aliphatic carbocycles. The molecule has 0 aliphatic heterocycles. The average Bonchev–Trinajstić information content (AvgIpc) is 2.47. The molecule has 2 rings (SSSR count). The first-order valence-electron chi connectivity index (χ1n) is 6.05. The maximum Gasteiger partial charge on any atom is 0.282 e. The van der Waals surface area contributed by atoms with Crippen LogP contribution in [0.4, 0.5) is 15.8 Å². The van der Waals surface area contributed by atoms with Crippen LogP contribution in [0, 0.1) is 15.9 Å². The van der Waals surface area contributed by atoms with Crippen molar-refractivity contribution < 1.29 is 14.1 Å². The molecular weight excluding hydrogens is 277 g/mol. The Kier molecular flexibility index (Phi) is 4.24. The van der Waals surface area contributed by atoms with Crippen LogP contribution in [0.5, 0.6) is 0 Å². The molecule has 0 aliphatic rings. The predicted molar refractivity (Wildman–Crippen MR) is 75.3 cm³/mol. The van der Waals surface area contributed by atoms with Crippen molar-refractivity contribution in [3.8, 4) is 0 Å². The highest BCUT2D eigenvalue weighted by Gasteiger charge is 2.21. The lowest BCUT2D eigenvalue weighted by atomic mass is 10.1. The van der Waals surface area contributed by atoms with Crippen LogP contribution >= 0.6 is 0 Å². The Bertz CT molecular complexity index is 704. The predicted octanol–water partition coefficient (Wildman–Crippen LogP) is 2.44. The molecule has 0 aromatic heterocycles. The Labute approximate surface area is 119 Å². The van der Waals surface area contributed by atoms with Gasteiger partial charge in [-0.25, -0.2) is 4.39 Å². The number of amides is 1. The molecule has 0 atom stereocenters. The Morgan fingerprint density at radius 3 is 2.71 bits per heavy atom. The van der Waals surface area contributed by atoms with Gasteiger partial charge in [-0.2, -0.15) is 0 Å². The lowest BCUT2D eigenvalue weighted by Gasteiger charge is -2.07. The van der Waals surface area contributed by atoms with E-state index in [1.165, 1.54) is 0 Å². The molecule has 7 heteroatoms. The van der Waals surface area contributed by atoms with E-state index in [0.29, 0.717) is 12.2 Å². The van der Waals surface area contributed by atoms with Gasteiger partial charge in [-0.15, -0.1) is 0 Å². The van der Waals surface area contributed by atoms with Gasteiger partial charge in [0.25, 0.3) is 11.6 Å². The molecule has 0 spiro atoms. The molecule has 0 radical (unpaired) electrons. The normalized spacial score (nSPS) is 10.2. The van der Waals surface area contributed by atoms with Crippen molar-refractivity contribution in [3.63, 3.8) is 0 Å². The van der Waals surface area contributed by atoms with E-state index in [2.05, 4.69) is 5.32 Å². The zero-order valence-electron chi connectivity index (χ0n) is 10.9. The highest BCUT2D eigenvalue weighted by atomic mass is 19.1. The number of carbonyl (C=O) groups is 1. The molecule has 3 N–H and O–H groups in total. The summed E-state index contributed by atoms with van der Waals surface area (Å²) in [5.41, 5.74) is 5.93. The van der Waals surface area contributed by atoms with Crippen LogP contribution < -0.4 is 11.1 Å². The zero-order chi connectivity index (χ0) is 15.4. The Morgan fingerprint density at radius 2 is 2.05 bits per heavy atom.